The zero-order chi connectivity index (χ0) is 14.3. The topological polar surface area (TPSA) is 75.1 Å². The molecule has 1 aromatic rings. The second-order valence-corrected chi connectivity index (χ2v) is 5.17. The van der Waals surface area contributed by atoms with Gasteiger partial charge < -0.3 is 5.11 Å². The largest absolute Gasteiger partial charge is 0.383 e. The van der Waals surface area contributed by atoms with E-state index in [2.05, 4.69) is 10.2 Å². The second-order valence-electron chi connectivity index (χ2n) is 4.16. The highest BCUT2D eigenvalue weighted by atomic mass is 32.1. The molecule has 1 aliphatic rings. The Morgan fingerprint density at radius 3 is 2.47 bits per heavy atom. The Labute approximate surface area is 108 Å². The van der Waals surface area contributed by atoms with Crippen molar-refractivity contribution >= 4 is 22.4 Å². The van der Waals surface area contributed by atoms with E-state index in [4.69, 9.17) is 0 Å². The van der Waals surface area contributed by atoms with Gasteiger partial charge in [0, 0.05) is 0 Å². The number of alkyl halides is 4. The molecule has 19 heavy (non-hydrogen) atoms. The lowest BCUT2D eigenvalue weighted by Gasteiger charge is -2.41. The molecule has 0 radical (unpaired) electrons. The van der Waals surface area contributed by atoms with Crippen molar-refractivity contribution in [1.29, 1.82) is 0 Å². The minimum Gasteiger partial charge on any atom is -0.383 e. The van der Waals surface area contributed by atoms with Gasteiger partial charge in [0.25, 0.3) is 12.3 Å². The van der Waals surface area contributed by atoms with Crippen LogP contribution in [-0.2, 0) is 4.79 Å². The maximum atomic E-state index is 13.6. The molecule has 1 aromatic heterocycles. The molecule has 2 N–H and O–H groups in total. The van der Waals surface area contributed by atoms with Crippen LogP contribution in [0.2, 0.25) is 0 Å². The van der Waals surface area contributed by atoms with Crippen LogP contribution in [0.3, 0.4) is 0 Å². The number of amides is 1. The summed E-state index contributed by atoms with van der Waals surface area (Å²) in [6.45, 7) is 0. The van der Waals surface area contributed by atoms with Gasteiger partial charge in [-0.15, -0.1) is 10.2 Å². The summed E-state index contributed by atoms with van der Waals surface area (Å²) >= 11 is 0.303. The Hall–Kier alpha value is -1.29. The molecule has 1 aliphatic carbocycles. The van der Waals surface area contributed by atoms with Crippen molar-refractivity contribution in [1.82, 2.24) is 10.2 Å². The molecular formula is C9H9F4N3O2S. The smallest absolute Gasteiger partial charge is 0.352 e. The third kappa shape index (κ3) is 2.41. The van der Waals surface area contributed by atoms with E-state index in [0.29, 0.717) is 17.8 Å². The normalized spacial score (nSPS) is 18.2. The second kappa shape index (κ2) is 4.67. The number of halogens is 4. The summed E-state index contributed by atoms with van der Waals surface area (Å²) in [7, 11) is 0. The van der Waals surface area contributed by atoms with E-state index in [1.54, 1.807) is 5.32 Å². The van der Waals surface area contributed by atoms with E-state index >= 15 is 0 Å². The first-order valence-electron chi connectivity index (χ1n) is 5.29. The summed E-state index contributed by atoms with van der Waals surface area (Å²) in [4.78, 5) is 11.4. The fourth-order valence-electron chi connectivity index (χ4n) is 1.59. The van der Waals surface area contributed by atoms with E-state index in [1.165, 1.54) is 0 Å². The molecule has 2 rings (SSSR count). The molecule has 1 heterocycles. The van der Waals surface area contributed by atoms with Crippen LogP contribution in [0.5, 0.6) is 0 Å². The molecule has 0 aromatic carbocycles. The number of aliphatic hydroxyl groups is 1. The lowest BCUT2D eigenvalue weighted by molar-refractivity contribution is -0.212. The van der Waals surface area contributed by atoms with Crippen molar-refractivity contribution in [2.45, 2.75) is 37.2 Å². The minimum absolute atomic E-state index is 0.189. The van der Waals surface area contributed by atoms with E-state index < -0.39 is 34.0 Å². The fraction of sp³-hybridized carbons (Fsp3) is 0.667. The van der Waals surface area contributed by atoms with Crippen LogP contribution in [0.1, 0.15) is 30.7 Å². The number of rotatable bonds is 4. The van der Waals surface area contributed by atoms with Crippen LogP contribution in [0, 0.1) is 0 Å². The monoisotopic (exact) mass is 299 g/mol. The first kappa shape index (κ1) is 14.1. The van der Waals surface area contributed by atoms with Crippen LogP contribution in [0.25, 0.3) is 0 Å². The Balaban J connectivity index is 2.07. The summed E-state index contributed by atoms with van der Waals surface area (Å²) in [5, 5.41) is 16.3. The Morgan fingerprint density at radius 1 is 1.42 bits per heavy atom. The molecule has 5 nitrogen and oxygen atoms in total. The molecular weight excluding hydrogens is 290 g/mol. The van der Waals surface area contributed by atoms with Crippen molar-refractivity contribution in [2.75, 3.05) is 5.32 Å². The average Bonchev–Trinajstić information content (AvgIpc) is 2.74. The predicted octanol–water partition coefficient (Wildman–Crippen LogP) is 1.96. The molecule has 0 saturated heterocycles. The number of nitrogens with zero attached hydrogens (tertiary/aromatic N) is 2. The maximum Gasteiger partial charge on any atom is 0.352 e. The summed E-state index contributed by atoms with van der Waals surface area (Å²) in [6, 6.07) is 0. The van der Waals surface area contributed by atoms with Crippen LogP contribution in [0.15, 0.2) is 0 Å². The third-order valence-corrected chi connectivity index (χ3v) is 3.74. The van der Waals surface area contributed by atoms with Gasteiger partial charge in [0.2, 0.25) is 5.13 Å². The lowest BCUT2D eigenvalue weighted by atomic mass is 9.75. The van der Waals surface area contributed by atoms with Gasteiger partial charge in [-0.05, 0) is 19.3 Å². The molecule has 1 amide bonds. The highest BCUT2D eigenvalue weighted by Gasteiger charge is 2.61. The van der Waals surface area contributed by atoms with Gasteiger partial charge in [-0.25, -0.2) is 8.78 Å². The Kier molecular flexibility index (Phi) is 3.47. The number of nitrogens with one attached hydrogen (secondary N) is 1. The van der Waals surface area contributed by atoms with Gasteiger partial charge in [0.1, 0.15) is 5.60 Å². The molecule has 10 heteroatoms. The lowest BCUT2D eigenvalue weighted by Crippen LogP contribution is -2.59. The molecule has 0 bridgehead atoms. The molecule has 1 saturated carbocycles. The zero-order valence-electron chi connectivity index (χ0n) is 9.37. The third-order valence-electron chi connectivity index (χ3n) is 2.90. The van der Waals surface area contributed by atoms with Crippen LogP contribution in [-0.4, -0.2) is 32.7 Å². The van der Waals surface area contributed by atoms with Crippen molar-refractivity contribution in [3.05, 3.63) is 5.01 Å². The highest BCUT2D eigenvalue weighted by Crippen LogP contribution is 2.44. The first-order valence-corrected chi connectivity index (χ1v) is 6.11. The van der Waals surface area contributed by atoms with Crippen molar-refractivity contribution < 1.29 is 27.5 Å². The molecule has 0 atom stereocenters. The number of carbonyl (C=O) groups excluding carboxylic acids is 1. The molecule has 0 spiro atoms. The zero-order valence-corrected chi connectivity index (χ0v) is 10.2. The maximum absolute atomic E-state index is 13.6. The SMILES string of the molecule is O=C(Nc1nnc(C(F)F)s1)C(F)(F)C1(O)CCC1. The standard InChI is InChI=1S/C9H9F4N3O2S/c10-4(11)5-15-16-7(19-5)14-6(17)9(12,13)8(18)2-1-3-8/h4,18H,1-3H2,(H,14,16,17). The Bertz CT molecular complexity index is 490. The van der Waals surface area contributed by atoms with Gasteiger partial charge in [-0.1, -0.05) is 11.3 Å². The van der Waals surface area contributed by atoms with Gasteiger partial charge in [-0.2, -0.15) is 8.78 Å². The van der Waals surface area contributed by atoms with Crippen LogP contribution >= 0.6 is 11.3 Å². The summed E-state index contributed by atoms with van der Waals surface area (Å²) in [5.41, 5.74) is -2.37. The van der Waals surface area contributed by atoms with Gasteiger partial charge in [0.05, 0.1) is 0 Å². The average molecular weight is 299 g/mol. The summed E-state index contributed by atoms with van der Waals surface area (Å²) < 4.78 is 51.7. The van der Waals surface area contributed by atoms with Crippen LogP contribution < -0.4 is 5.32 Å². The van der Waals surface area contributed by atoms with Crippen molar-refractivity contribution in [3.63, 3.8) is 0 Å². The molecule has 106 valence electrons. The highest BCUT2D eigenvalue weighted by molar-refractivity contribution is 7.15. The van der Waals surface area contributed by atoms with Gasteiger partial charge in [0.15, 0.2) is 5.01 Å². The number of aromatic nitrogens is 2. The van der Waals surface area contributed by atoms with E-state index in [9.17, 15) is 27.5 Å². The summed E-state index contributed by atoms with van der Waals surface area (Å²) in [6.07, 6.45) is -2.87. The van der Waals surface area contributed by atoms with Crippen molar-refractivity contribution in [3.8, 4) is 0 Å². The van der Waals surface area contributed by atoms with E-state index in [0.717, 1.165) is 0 Å². The number of carbonyl (C=O) groups is 1. The van der Waals surface area contributed by atoms with Crippen LogP contribution in [0.4, 0.5) is 22.7 Å². The summed E-state index contributed by atoms with van der Waals surface area (Å²) in [5.74, 6) is -5.77. The molecule has 1 fully saturated rings. The van der Waals surface area contributed by atoms with E-state index in [-0.39, 0.29) is 12.8 Å². The van der Waals surface area contributed by atoms with Gasteiger partial charge >= 0.3 is 5.92 Å². The number of hydrogen-bond donors (Lipinski definition) is 2. The van der Waals surface area contributed by atoms with E-state index in [1.807, 2.05) is 0 Å². The minimum atomic E-state index is -4.00. The predicted molar refractivity (Wildman–Crippen MR) is 57.2 cm³/mol. The van der Waals surface area contributed by atoms with Crippen molar-refractivity contribution in [2.24, 2.45) is 0 Å². The quantitative estimate of drug-likeness (QED) is 0.833. The van der Waals surface area contributed by atoms with Gasteiger partial charge in [-0.3, -0.25) is 10.1 Å². The number of hydrogen-bond acceptors (Lipinski definition) is 5. The first-order chi connectivity index (χ1) is 8.76. The molecule has 0 unspecified atom stereocenters. The number of anilines is 1. The Morgan fingerprint density at radius 2 is 2.05 bits per heavy atom. The molecule has 0 aliphatic heterocycles. The fourth-order valence-corrected chi connectivity index (χ4v) is 2.18.